The number of benzene rings is 2. The van der Waals surface area contributed by atoms with Crippen molar-refractivity contribution in [3.8, 4) is 0 Å². The predicted octanol–water partition coefficient (Wildman–Crippen LogP) is 3.34. The number of nitro groups is 1. The number of esters is 1. The van der Waals surface area contributed by atoms with Gasteiger partial charge in [0.15, 0.2) is 6.61 Å². The van der Waals surface area contributed by atoms with Gasteiger partial charge in [0.1, 0.15) is 0 Å². The second kappa shape index (κ2) is 8.78. The molecule has 0 radical (unpaired) electrons. The fourth-order valence-electron chi connectivity index (χ4n) is 4.24. The molecule has 0 aromatic heterocycles. The summed E-state index contributed by atoms with van der Waals surface area (Å²) >= 11 is 0. The highest BCUT2D eigenvalue weighted by atomic mass is 16.6. The summed E-state index contributed by atoms with van der Waals surface area (Å²) < 4.78 is 5.03. The van der Waals surface area contributed by atoms with Crippen molar-refractivity contribution in [1.82, 2.24) is 0 Å². The van der Waals surface area contributed by atoms with Crippen LogP contribution in [-0.2, 0) is 14.3 Å². The Morgan fingerprint density at radius 3 is 2.48 bits per heavy atom. The summed E-state index contributed by atoms with van der Waals surface area (Å²) in [6.07, 6.45) is 4.40. The van der Waals surface area contributed by atoms with E-state index in [0.717, 1.165) is 6.07 Å². The van der Waals surface area contributed by atoms with Crippen LogP contribution < -0.4 is 4.90 Å². The van der Waals surface area contributed by atoms with E-state index < -0.39 is 23.3 Å². The highest BCUT2D eigenvalue weighted by Crippen LogP contribution is 2.40. The standard InChI is InChI=1S/C24H20N2O7/c1-14-4-2-7-19-21(14)23(29)25(22(19)28)17-10-8-15(9-11-17)24(30)33-13-20(27)16-5-3-6-18(12-16)26(31)32/h2-6,8-12,14,19,21H,7,13H2,1H3/t14-,19-,21+/m0/s1. The van der Waals surface area contributed by atoms with Crippen LogP contribution in [0.15, 0.2) is 60.7 Å². The van der Waals surface area contributed by atoms with Crippen LogP contribution in [0.5, 0.6) is 0 Å². The molecule has 1 aliphatic heterocycles. The van der Waals surface area contributed by atoms with Gasteiger partial charge in [-0.1, -0.05) is 31.2 Å². The van der Waals surface area contributed by atoms with Gasteiger partial charge in [-0.05, 0) is 36.6 Å². The lowest BCUT2D eigenvalue weighted by Crippen LogP contribution is -2.31. The van der Waals surface area contributed by atoms with Gasteiger partial charge in [0.25, 0.3) is 5.69 Å². The van der Waals surface area contributed by atoms with Gasteiger partial charge in [-0.2, -0.15) is 0 Å². The zero-order valence-corrected chi connectivity index (χ0v) is 17.7. The number of fused-ring (bicyclic) bond motifs is 1. The van der Waals surface area contributed by atoms with Gasteiger partial charge in [-0.3, -0.25) is 29.4 Å². The second-order valence-electron chi connectivity index (χ2n) is 8.02. The van der Waals surface area contributed by atoms with E-state index in [-0.39, 0.29) is 46.4 Å². The van der Waals surface area contributed by atoms with Gasteiger partial charge in [0, 0.05) is 17.7 Å². The fraction of sp³-hybridized carbons (Fsp3) is 0.250. The number of imide groups is 1. The first-order valence-electron chi connectivity index (χ1n) is 10.4. The van der Waals surface area contributed by atoms with Crippen LogP contribution in [0.25, 0.3) is 0 Å². The first kappa shape index (κ1) is 22.1. The zero-order chi connectivity index (χ0) is 23.7. The number of hydrogen-bond donors (Lipinski definition) is 0. The average molecular weight is 448 g/mol. The minimum atomic E-state index is -0.772. The minimum absolute atomic E-state index is 0.0250. The lowest BCUT2D eigenvalue weighted by molar-refractivity contribution is -0.384. The largest absolute Gasteiger partial charge is 0.454 e. The maximum Gasteiger partial charge on any atom is 0.338 e. The van der Waals surface area contributed by atoms with Crippen molar-refractivity contribution in [1.29, 1.82) is 0 Å². The van der Waals surface area contributed by atoms with E-state index in [9.17, 15) is 29.3 Å². The topological polar surface area (TPSA) is 124 Å². The quantitative estimate of drug-likeness (QED) is 0.166. The maximum atomic E-state index is 12.9. The van der Waals surface area contributed by atoms with Crippen molar-refractivity contribution in [3.05, 3.63) is 81.9 Å². The molecule has 3 atom stereocenters. The average Bonchev–Trinajstić information content (AvgIpc) is 3.08. The number of hydrogen-bond acceptors (Lipinski definition) is 7. The van der Waals surface area contributed by atoms with Crippen molar-refractivity contribution in [2.75, 3.05) is 11.5 Å². The van der Waals surface area contributed by atoms with Gasteiger partial charge in [-0.25, -0.2) is 4.79 Å². The summed E-state index contributed by atoms with van der Waals surface area (Å²) in [5, 5.41) is 10.8. The van der Waals surface area contributed by atoms with Crippen LogP contribution in [0, 0.1) is 27.9 Å². The van der Waals surface area contributed by atoms with Gasteiger partial charge >= 0.3 is 5.97 Å². The van der Waals surface area contributed by atoms with E-state index in [2.05, 4.69) is 0 Å². The molecular weight excluding hydrogens is 428 g/mol. The van der Waals surface area contributed by atoms with Gasteiger partial charge < -0.3 is 4.74 Å². The number of allylic oxidation sites excluding steroid dienone is 2. The van der Waals surface area contributed by atoms with Crippen LogP contribution in [0.2, 0.25) is 0 Å². The van der Waals surface area contributed by atoms with Crippen molar-refractivity contribution >= 4 is 34.9 Å². The predicted molar refractivity (Wildman–Crippen MR) is 117 cm³/mol. The Morgan fingerprint density at radius 1 is 1.09 bits per heavy atom. The smallest absolute Gasteiger partial charge is 0.338 e. The normalized spacial score (nSPS) is 21.6. The number of anilines is 1. The molecule has 2 aromatic rings. The Morgan fingerprint density at radius 2 is 1.82 bits per heavy atom. The Bertz CT molecular complexity index is 1190. The van der Waals surface area contributed by atoms with E-state index in [1.54, 1.807) is 0 Å². The van der Waals surface area contributed by atoms with E-state index >= 15 is 0 Å². The van der Waals surface area contributed by atoms with E-state index in [1.165, 1.54) is 47.4 Å². The molecule has 0 bridgehead atoms. The van der Waals surface area contributed by atoms with E-state index in [1.807, 2.05) is 19.1 Å². The molecule has 1 saturated heterocycles. The molecule has 168 valence electrons. The third kappa shape index (κ3) is 4.17. The van der Waals surface area contributed by atoms with Crippen molar-refractivity contribution in [2.45, 2.75) is 13.3 Å². The molecule has 0 spiro atoms. The molecule has 33 heavy (non-hydrogen) atoms. The molecule has 9 nitrogen and oxygen atoms in total. The molecule has 4 rings (SSSR count). The lowest BCUT2D eigenvalue weighted by Gasteiger charge is -2.22. The van der Waals surface area contributed by atoms with Crippen LogP contribution in [0.1, 0.15) is 34.1 Å². The molecule has 0 N–H and O–H groups in total. The number of nitrogens with zero attached hydrogens (tertiary/aromatic N) is 2. The third-order valence-electron chi connectivity index (χ3n) is 5.95. The number of amides is 2. The maximum absolute atomic E-state index is 12.9. The Kier molecular flexibility index (Phi) is 5.87. The summed E-state index contributed by atoms with van der Waals surface area (Å²) in [5.74, 6) is -2.64. The molecule has 9 heteroatoms. The molecule has 1 heterocycles. The SMILES string of the molecule is C[C@H]1C=CC[C@@H]2C(=O)N(c3ccc(C(=O)OCC(=O)c4cccc([N+](=O)[O-])c4)cc3)C(=O)[C@@H]21. The van der Waals surface area contributed by atoms with Crippen LogP contribution in [0.4, 0.5) is 11.4 Å². The van der Waals surface area contributed by atoms with Gasteiger partial charge in [0.05, 0.1) is 28.0 Å². The Balaban J connectivity index is 1.41. The molecular formula is C24H20N2O7. The first-order chi connectivity index (χ1) is 15.8. The van der Waals surface area contributed by atoms with Crippen molar-refractivity contribution < 1.29 is 28.8 Å². The summed E-state index contributed by atoms with van der Waals surface area (Å²) in [7, 11) is 0. The monoisotopic (exact) mass is 448 g/mol. The Hall–Kier alpha value is -4.14. The molecule has 0 unspecified atom stereocenters. The highest BCUT2D eigenvalue weighted by molar-refractivity contribution is 6.22. The summed E-state index contributed by atoms with van der Waals surface area (Å²) in [6.45, 7) is 1.33. The van der Waals surface area contributed by atoms with Crippen molar-refractivity contribution in [2.24, 2.45) is 17.8 Å². The van der Waals surface area contributed by atoms with Crippen LogP contribution >= 0.6 is 0 Å². The van der Waals surface area contributed by atoms with E-state index in [4.69, 9.17) is 4.74 Å². The summed E-state index contributed by atoms with van der Waals surface area (Å²) in [5.41, 5.74) is 0.329. The van der Waals surface area contributed by atoms with Crippen LogP contribution in [0.3, 0.4) is 0 Å². The number of ether oxygens (including phenoxy) is 1. The minimum Gasteiger partial charge on any atom is -0.454 e. The molecule has 0 saturated carbocycles. The molecule has 2 aromatic carbocycles. The Labute approximate surface area is 188 Å². The number of nitro benzene ring substituents is 1. The number of Topliss-reactive ketones (excluding diaryl/α,β-unsaturated/α-hetero) is 1. The summed E-state index contributed by atoms with van der Waals surface area (Å²) in [6, 6.07) is 11.0. The molecule has 1 aliphatic carbocycles. The number of ketones is 1. The number of carbonyl (C=O) groups excluding carboxylic acids is 4. The first-order valence-corrected chi connectivity index (χ1v) is 10.4. The lowest BCUT2D eigenvalue weighted by atomic mass is 9.78. The van der Waals surface area contributed by atoms with Gasteiger partial charge in [-0.15, -0.1) is 0 Å². The fourth-order valence-corrected chi connectivity index (χ4v) is 4.24. The molecule has 2 aliphatic rings. The molecule has 2 amide bonds. The zero-order valence-electron chi connectivity index (χ0n) is 17.7. The van der Waals surface area contributed by atoms with Crippen molar-refractivity contribution in [3.63, 3.8) is 0 Å². The number of carbonyl (C=O) groups is 4. The molecule has 1 fully saturated rings. The number of non-ortho nitro benzene ring substituents is 1. The highest BCUT2D eigenvalue weighted by Gasteiger charge is 2.50. The third-order valence-corrected chi connectivity index (χ3v) is 5.95. The van der Waals surface area contributed by atoms with E-state index in [0.29, 0.717) is 12.1 Å². The summed E-state index contributed by atoms with van der Waals surface area (Å²) in [4.78, 5) is 61.6. The number of rotatable bonds is 6. The second-order valence-corrected chi connectivity index (χ2v) is 8.02. The van der Waals surface area contributed by atoms with Crippen LogP contribution in [-0.4, -0.2) is 35.1 Å². The van der Waals surface area contributed by atoms with Gasteiger partial charge in [0.2, 0.25) is 17.6 Å².